The summed E-state index contributed by atoms with van der Waals surface area (Å²) in [6.45, 7) is 4.46. The Kier molecular flexibility index (Phi) is 4.31. The number of amides is 1. The molecule has 1 aliphatic carbocycles. The molecule has 0 saturated carbocycles. The number of halogens is 1. The van der Waals surface area contributed by atoms with Crippen LogP contribution < -0.4 is 5.32 Å². The van der Waals surface area contributed by atoms with Gasteiger partial charge < -0.3 is 15.3 Å². The number of aromatic amines is 2. The molecule has 1 aliphatic rings. The third kappa shape index (κ3) is 2.91. The SMILES string of the molecule is Cc1[nH]c2c(F)ccc(C)c2c1CCNC(=O)c1cc2c([nH]1)CCCC2. The lowest BCUT2D eigenvalue weighted by atomic mass is 9.98. The Balaban J connectivity index is 1.47. The van der Waals surface area contributed by atoms with Crippen molar-refractivity contribution in [3.05, 3.63) is 57.8 Å². The normalized spacial score (nSPS) is 13.8. The molecular weight excluding hydrogens is 329 g/mol. The van der Waals surface area contributed by atoms with E-state index in [0.717, 1.165) is 35.0 Å². The highest BCUT2D eigenvalue weighted by Crippen LogP contribution is 2.28. The van der Waals surface area contributed by atoms with E-state index in [1.807, 2.05) is 19.9 Å². The van der Waals surface area contributed by atoms with Gasteiger partial charge in [-0.3, -0.25) is 4.79 Å². The molecule has 0 radical (unpaired) electrons. The number of benzene rings is 1. The summed E-state index contributed by atoms with van der Waals surface area (Å²) >= 11 is 0. The van der Waals surface area contributed by atoms with E-state index in [1.165, 1.54) is 30.2 Å². The molecule has 5 heteroatoms. The number of aryl methyl sites for hydroxylation is 4. The second kappa shape index (κ2) is 6.63. The molecule has 0 spiro atoms. The molecule has 3 aromatic rings. The average Bonchev–Trinajstić information content (AvgIpc) is 3.20. The fraction of sp³-hybridized carbons (Fsp3) is 0.381. The predicted molar refractivity (Wildman–Crippen MR) is 101 cm³/mol. The number of fused-ring (bicyclic) bond motifs is 2. The number of aromatic nitrogens is 2. The minimum atomic E-state index is -0.235. The highest BCUT2D eigenvalue weighted by Gasteiger charge is 2.17. The zero-order valence-corrected chi connectivity index (χ0v) is 15.3. The summed E-state index contributed by atoms with van der Waals surface area (Å²) in [5.41, 5.74) is 6.76. The molecule has 0 aliphatic heterocycles. The van der Waals surface area contributed by atoms with Crippen LogP contribution in [0.15, 0.2) is 18.2 Å². The fourth-order valence-corrected chi connectivity index (χ4v) is 4.08. The molecule has 4 nitrogen and oxygen atoms in total. The average molecular weight is 353 g/mol. The van der Waals surface area contributed by atoms with Crippen LogP contribution in [0.5, 0.6) is 0 Å². The van der Waals surface area contributed by atoms with Gasteiger partial charge in [-0.2, -0.15) is 0 Å². The molecule has 0 unspecified atom stereocenters. The van der Waals surface area contributed by atoms with Gasteiger partial charge in [0.15, 0.2) is 0 Å². The number of hydrogen-bond donors (Lipinski definition) is 3. The van der Waals surface area contributed by atoms with Crippen molar-refractivity contribution in [2.75, 3.05) is 6.54 Å². The molecule has 0 fully saturated rings. The Morgan fingerprint density at radius 2 is 2.00 bits per heavy atom. The van der Waals surface area contributed by atoms with Crippen molar-refractivity contribution in [2.45, 2.75) is 46.0 Å². The molecule has 0 bridgehead atoms. The molecule has 3 N–H and O–H groups in total. The van der Waals surface area contributed by atoms with Crippen molar-refractivity contribution < 1.29 is 9.18 Å². The van der Waals surface area contributed by atoms with E-state index in [4.69, 9.17) is 0 Å². The first-order valence-electron chi connectivity index (χ1n) is 9.30. The topological polar surface area (TPSA) is 60.7 Å². The van der Waals surface area contributed by atoms with E-state index in [-0.39, 0.29) is 11.7 Å². The molecule has 26 heavy (non-hydrogen) atoms. The van der Waals surface area contributed by atoms with Crippen LogP contribution in [0.1, 0.15) is 51.4 Å². The van der Waals surface area contributed by atoms with Gasteiger partial charge >= 0.3 is 0 Å². The van der Waals surface area contributed by atoms with Crippen LogP contribution >= 0.6 is 0 Å². The van der Waals surface area contributed by atoms with Crippen molar-refractivity contribution in [1.82, 2.24) is 15.3 Å². The Hall–Kier alpha value is -2.56. The van der Waals surface area contributed by atoms with Crippen molar-refractivity contribution in [2.24, 2.45) is 0 Å². The summed E-state index contributed by atoms with van der Waals surface area (Å²) in [5, 5.41) is 3.93. The number of carbonyl (C=O) groups is 1. The van der Waals surface area contributed by atoms with Gasteiger partial charge in [0.05, 0.1) is 5.52 Å². The molecule has 0 saturated heterocycles. The summed E-state index contributed by atoms with van der Waals surface area (Å²) in [4.78, 5) is 18.9. The number of hydrogen-bond acceptors (Lipinski definition) is 1. The standard InChI is InChI=1S/C21H24FN3O/c1-12-7-8-16(22)20-19(12)15(13(2)24-20)9-10-23-21(26)18-11-14-5-3-4-6-17(14)25-18/h7-8,11,24-25H,3-6,9-10H2,1-2H3,(H,23,26). The number of carbonyl (C=O) groups excluding carboxylic acids is 1. The van der Waals surface area contributed by atoms with Crippen LogP contribution in [0.25, 0.3) is 10.9 Å². The largest absolute Gasteiger partial charge is 0.356 e. The van der Waals surface area contributed by atoms with Gasteiger partial charge in [0.2, 0.25) is 0 Å². The van der Waals surface area contributed by atoms with E-state index in [0.29, 0.717) is 24.2 Å². The highest BCUT2D eigenvalue weighted by atomic mass is 19.1. The lowest BCUT2D eigenvalue weighted by molar-refractivity contribution is 0.0949. The number of H-pyrrole nitrogens is 2. The maximum atomic E-state index is 14.0. The summed E-state index contributed by atoms with van der Waals surface area (Å²) in [7, 11) is 0. The van der Waals surface area contributed by atoms with Crippen molar-refractivity contribution in [3.8, 4) is 0 Å². The first-order valence-corrected chi connectivity index (χ1v) is 9.30. The summed E-state index contributed by atoms with van der Waals surface area (Å²) in [6, 6.07) is 5.28. The number of nitrogens with one attached hydrogen (secondary N) is 3. The number of rotatable bonds is 4. The Morgan fingerprint density at radius 1 is 1.19 bits per heavy atom. The predicted octanol–water partition coefficient (Wildman–Crippen LogP) is 4.10. The third-order valence-corrected chi connectivity index (χ3v) is 5.45. The molecule has 1 aromatic carbocycles. The smallest absolute Gasteiger partial charge is 0.267 e. The molecule has 2 heterocycles. The van der Waals surface area contributed by atoms with Crippen molar-refractivity contribution in [1.29, 1.82) is 0 Å². The van der Waals surface area contributed by atoms with E-state index in [9.17, 15) is 9.18 Å². The van der Waals surface area contributed by atoms with Crippen LogP contribution in [0, 0.1) is 19.7 Å². The molecule has 4 rings (SSSR count). The van der Waals surface area contributed by atoms with Crippen LogP contribution in [-0.4, -0.2) is 22.4 Å². The first-order chi connectivity index (χ1) is 12.5. The van der Waals surface area contributed by atoms with Crippen LogP contribution in [0.4, 0.5) is 4.39 Å². The summed E-state index contributed by atoms with van der Waals surface area (Å²) in [6.07, 6.45) is 5.13. The Labute approximate surface area is 152 Å². The first kappa shape index (κ1) is 16.9. The van der Waals surface area contributed by atoms with Gasteiger partial charge in [-0.25, -0.2) is 4.39 Å². The molecule has 2 aromatic heterocycles. The lowest BCUT2D eigenvalue weighted by Gasteiger charge is -2.09. The van der Waals surface area contributed by atoms with Gasteiger partial charge in [0, 0.05) is 23.3 Å². The maximum Gasteiger partial charge on any atom is 0.267 e. The van der Waals surface area contributed by atoms with Crippen LogP contribution in [0.2, 0.25) is 0 Å². The summed E-state index contributed by atoms with van der Waals surface area (Å²) < 4.78 is 14.0. The lowest BCUT2D eigenvalue weighted by Crippen LogP contribution is -2.26. The minimum absolute atomic E-state index is 0.0696. The maximum absolute atomic E-state index is 14.0. The quantitative estimate of drug-likeness (QED) is 0.650. The van der Waals surface area contributed by atoms with E-state index in [2.05, 4.69) is 15.3 Å². The van der Waals surface area contributed by atoms with Gasteiger partial charge in [0.25, 0.3) is 5.91 Å². The van der Waals surface area contributed by atoms with Gasteiger partial charge in [0.1, 0.15) is 11.5 Å². The van der Waals surface area contributed by atoms with Crippen LogP contribution in [-0.2, 0) is 19.3 Å². The van der Waals surface area contributed by atoms with E-state index in [1.54, 1.807) is 6.07 Å². The Morgan fingerprint density at radius 3 is 2.81 bits per heavy atom. The second-order valence-corrected chi connectivity index (χ2v) is 7.24. The zero-order chi connectivity index (χ0) is 18.3. The molecular formula is C21H24FN3O. The van der Waals surface area contributed by atoms with E-state index < -0.39 is 0 Å². The van der Waals surface area contributed by atoms with E-state index >= 15 is 0 Å². The summed E-state index contributed by atoms with van der Waals surface area (Å²) in [5.74, 6) is -0.305. The molecule has 0 atom stereocenters. The zero-order valence-electron chi connectivity index (χ0n) is 15.3. The Bertz CT molecular complexity index is 959. The highest BCUT2D eigenvalue weighted by molar-refractivity contribution is 5.93. The van der Waals surface area contributed by atoms with Crippen molar-refractivity contribution in [3.63, 3.8) is 0 Å². The van der Waals surface area contributed by atoms with Gasteiger partial charge in [-0.15, -0.1) is 0 Å². The third-order valence-electron chi connectivity index (χ3n) is 5.45. The molecule has 1 amide bonds. The molecule has 136 valence electrons. The second-order valence-electron chi connectivity index (χ2n) is 7.24. The monoisotopic (exact) mass is 353 g/mol. The van der Waals surface area contributed by atoms with Gasteiger partial charge in [-0.05, 0) is 74.8 Å². The fourth-order valence-electron chi connectivity index (χ4n) is 4.08. The van der Waals surface area contributed by atoms with Crippen LogP contribution in [0.3, 0.4) is 0 Å². The minimum Gasteiger partial charge on any atom is -0.356 e. The van der Waals surface area contributed by atoms with Crippen molar-refractivity contribution >= 4 is 16.8 Å². The van der Waals surface area contributed by atoms with Gasteiger partial charge in [-0.1, -0.05) is 6.07 Å².